The van der Waals surface area contributed by atoms with Crippen LogP contribution in [0.1, 0.15) is 33.3 Å². The van der Waals surface area contributed by atoms with Gasteiger partial charge in [0.15, 0.2) is 0 Å². The summed E-state index contributed by atoms with van der Waals surface area (Å²) in [6.07, 6.45) is 0. The highest BCUT2D eigenvalue weighted by molar-refractivity contribution is 8.00. The number of ether oxygens (including phenoxy) is 1. The summed E-state index contributed by atoms with van der Waals surface area (Å²) in [6, 6.07) is 8.12. The molecule has 156 valence electrons. The first-order chi connectivity index (χ1) is 13.3. The van der Waals surface area contributed by atoms with E-state index in [0.29, 0.717) is 6.54 Å². The lowest BCUT2D eigenvalue weighted by atomic mass is 10.2. The van der Waals surface area contributed by atoms with Crippen LogP contribution in [0, 0.1) is 0 Å². The molecule has 0 saturated carbocycles. The fourth-order valence-corrected chi connectivity index (χ4v) is 3.41. The summed E-state index contributed by atoms with van der Waals surface area (Å²) in [5.41, 5.74) is 1.05. The molecule has 0 unspecified atom stereocenters. The van der Waals surface area contributed by atoms with Crippen molar-refractivity contribution < 1.29 is 24.2 Å². The number of nitrogens with one attached hydrogen (secondary N) is 1. The summed E-state index contributed by atoms with van der Waals surface area (Å²) in [5, 5.41) is 11.8. The number of benzene rings is 1. The number of rotatable bonds is 12. The molecule has 0 bridgehead atoms. The average Bonchev–Trinajstić information content (AvgIpc) is 2.65. The van der Waals surface area contributed by atoms with Crippen LogP contribution in [0.15, 0.2) is 30.3 Å². The zero-order valence-electron chi connectivity index (χ0n) is 16.9. The monoisotopic (exact) mass is 410 g/mol. The van der Waals surface area contributed by atoms with Crippen molar-refractivity contribution in [2.45, 2.75) is 52.4 Å². The Morgan fingerprint density at radius 1 is 1.18 bits per heavy atom. The maximum Gasteiger partial charge on any atom is 0.324 e. The minimum atomic E-state index is -1.05. The van der Waals surface area contributed by atoms with Gasteiger partial charge in [-0.2, -0.15) is 0 Å². The van der Waals surface area contributed by atoms with Crippen LogP contribution in [-0.2, 0) is 25.7 Å². The molecule has 0 aliphatic rings. The second-order valence-electron chi connectivity index (χ2n) is 6.65. The Bertz CT molecular complexity index is 639. The quantitative estimate of drug-likeness (QED) is 0.510. The molecule has 2 atom stereocenters. The van der Waals surface area contributed by atoms with E-state index >= 15 is 0 Å². The van der Waals surface area contributed by atoms with E-state index in [9.17, 15) is 14.4 Å². The minimum absolute atomic E-state index is 0.0299. The molecule has 0 radical (unpaired) electrons. The summed E-state index contributed by atoms with van der Waals surface area (Å²) in [5.74, 6) is -1.15. The van der Waals surface area contributed by atoms with E-state index in [-0.39, 0.29) is 30.1 Å². The van der Waals surface area contributed by atoms with Gasteiger partial charge in [-0.25, -0.2) is 0 Å². The number of nitrogens with zero attached hydrogens (tertiary/aromatic N) is 1. The lowest BCUT2D eigenvalue weighted by Crippen LogP contribution is -2.48. The molecule has 0 fully saturated rings. The number of amides is 1. The van der Waals surface area contributed by atoms with Crippen LogP contribution >= 0.6 is 11.8 Å². The molecular formula is C20H30N2O5S. The van der Waals surface area contributed by atoms with Gasteiger partial charge < -0.3 is 14.7 Å². The molecule has 28 heavy (non-hydrogen) atoms. The molecule has 0 aliphatic carbocycles. The highest BCUT2D eigenvalue weighted by atomic mass is 32.2. The fourth-order valence-electron chi connectivity index (χ4n) is 2.49. The first-order valence-electron chi connectivity index (χ1n) is 9.32. The van der Waals surface area contributed by atoms with Crippen molar-refractivity contribution in [3.05, 3.63) is 35.9 Å². The Kier molecular flexibility index (Phi) is 10.6. The van der Waals surface area contributed by atoms with Crippen LogP contribution in [0.5, 0.6) is 0 Å². The Labute approximate surface area is 170 Å². The zero-order valence-corrected chi connectivity index (χ0v) is 17.7. The third-order valence-electron chi connectivity index (χ3n) is 4.04. The molecule has 0 spiro atoms. The lowest BCUT2D eigenvalue weighted by Gasteiger charge is -2.27. The summed E-state index contributed by atoms with van der Waals surface area (Å²) in [4.78, 5) is 37.6. The number of aliphatic carboxylic acids is 1. The largest absolute Gasteiger partial charge is 0.480 e. The smallest absolute Gasteiger partial charge is 0.324 e. The van der Waals surface area contributed by atoms with Gasteiger partial charge >= 0.3 is 11.9 Å². The Morgan fingerprint density at radius 3 is 2.36 bits per heavy atom. The number of thioether (sulfide) groups is 1. The normalized spacial score (nSPS) is 13.0. The number of carbonyl (C=O) groups is 3. The highest BCUT2D eigenvalue weighted by Gasteiger charge is 2.25. The maximum absolute atomic E-state index is 12.7. The summed E-state index contributed by atoms with van der Waals surface area (Å²) < 4.78 is 5.00. The summed E-state index contributed by atoms with van der Waals surface area (Å²) >= 11 is 1.29. The van der Waals surface area contributed by atoms with Gasteiger partial charge in [-0.3, -0.25) is 19.7 Å². The van der Waals surface area contributed by atoms with Crippen molar-refractivity contribution in [1.29, 1.82) is 0 Å². The Morgan fingerprint density at radius 2 is 1.82 bits per heavy atom. The molecule has 0 heterocycles. The average molecular weight is 411 g/mol. The SMILES string of the molecule is CCOC(=O)[C@H](CSCC(=O)N(Cc1ccccc1)C(C)C)N[C@@H](C)C(=O)O. The van der Waals surface area contributed by atoms with Gasteiger partial charge in [-0.1, -0.05) is 30.3 Å². The molecule has 1 rings (SSSR count). The number of carboxylic acid groups (broad SMARTS) is 1. The predicted molar refractivity (Wildman–Crippen MR) is 110 cm³/mol. The first kappa shape index (κ1) is 24.0. The van der Waals surface area contributed by atoms with Gasteiger partial charge in [-0.15, -0.1) is 11.8 Å². The van der Waals surface area contributed by atoms with Crippen LogP contribution in [-0.4, -0.2) is 64.1 Å². The Balaban J connectivity index is 2.64. The van der Waals surface area contributed by atoms with Crippen molar-refractivity contribution in [3.8, 4) is 0 Å². The van der Waals surface area contributed by atoms with Crippen LogP contribution in [0.3, 0.4) is 0 Å². The Hall–Kier alpha value is -2.06. The third kappa shape index (κ3) is 8.31. The van der Waals surface area contributed by atoms with Crippen molar-refractivity contribution in [1.82, 2.24) is 10.2 Å². The standard InChI is InChI=1S/C20H30N2O5S/c1-5-27-20(26)17(21-15(4)19(24)25)12-28-13-18(23)22(14(2)3)11-16-9-7-6-8-10-16/h6-10,14-15,17,21H,5,11-13H2,1-4H3,(H,24,25)/t15-,17-/m0/s1. The molecule has 2 N–H and O–H groups in total. The molecular weight excluding hydrogens is 380 g/mol. The van der Waals surface area contributed by atoms with Gasteiger partial charge in [0.2, 0.25) is 5.91 Å². The van der Waals surface area contributed by atoms with E-state index in [2.05, 4.69) is 5.32 Å². The van der Waals surface area contributed by atoms with Gasteiger partial charge in [-0.05, 0) is 33.3 Å². The van der Waals surface area contributed by atoms with Crippen molar-refractivity contribution in [2.24, 2.45) is 0 Å². The van der Waals surface area contributed by atoms with Crippen molar-refractivity contribution in [3.63, 3.8) is 0 Å². The van der Waals surface area contributed by atoms with Gasteiger partial charge in [0.1, 0.15) is 12.1 Å². The number of carbonyl (C=O) groups excluding carboxylic acids is 2. The molecule has 1 aromatic carbocycles. The van der Waals surface area contributed by atoms with E-state index < -0.39 is 24.0 Å². The number of hydrogen-bond donors (Lipinski definition) is 2. The molecule has 0 aliphatic heterocycles. The highest BCUT2D eigenvalue weighted by Crippen LogP contribution is 2.13. The van der Waals surface area contributed by atoms with Gasteiger partial charge in [0.05, 0.1) is 12.4 Å². The summed E-state index contributed by atoms with van der Waals surface area (Å²) in [6.45, 7) is 7.81. The second kappa shape index (κ2) is 12.4. The molecule has 0 saturated heterocycles. The second-order valence-corrected chi connectivity index (χ2v) is 7.68. The van der Waals surface area contributed by atoms with E-state index in [1.54, 1.807) is 11.8 Å². The maximum atomic E-state index is 12.7. The van der Waals surface area contributed by atoms with Crippen molar-refractivity contribution in [2.75, 3.05) is 18.1 Å². The van der Waals surface area contributed by atoms with Crippen LogP contribution in [0.4, 0.5) is 0 Å². The topological polar surface area (TPSA) is 95.9 Å². The van der Waals surface area contributed by atoms with E-state index in [1.165, 1.54) is 18.7 Å². The zero-order chi connectivity index (χ0) is 21.1. The van der Waals surface area contributed by atoms with Crippen molar-refractivity contribution >= 4 is 29.6 Å². The molecule has 1 aromatic rings. The number of carboxylic acids is 1. The third-order valence-corrected chi connectivity index (χ3v) is 5.06. The van der Waals surface area contributed by atoms with Crippen LogP contribution in [0.2, 0.25) is 0 Å². The molecule has 7 nitrogen and oxygen atoms in total. The molecule has 0 aromatic heterocycles. The van der Waals surface area contributed by atoms with Crippen LogP contribution < -0.4 is 5.32 Å². The summed E-state index contributed by atoms with van der Waals surface area (Å²) in [7, 11) is 0. The van der Waals surface area contributed by atoms with Gasteiger partial charge in [0, 0.05) is 18.3 Å². The minimum Gasteiger partial charge on any atom is -0.480 e. The van der Waals surface area contributed by atoms with E-state index in [1.807, 2.05) is 44.2 Å². The van der Waals surface area contributed by atoms with Crippen LogP contribution in [0.25, 0.3) is 0 Å². The van der Waals surface area contributed by atoms with E-state index in [4.69, 9.17) is 9.84 Å². The predicted octanol–water partition coefficient (Wildman–Crippen LogP) is 2.15. The lowest BCUT2D eigenvalue weighted by molar-refractivity contribution is -0.146. The molecule has 1 amide bonds. The molecule has 8 heteroatoms. The van der Waals surface area contributed by atoms with E-state index in [0.717, 1.165) is 5.56 Å². The number of esters is 1. The number of hydrogen-bond acceptors (Lipinski definition) is 6. The fraction of sp³-hybridized carbons (Fsp3) is 0.550. The van der Waals surface area contributed by atoms with Gasteiger partial charge in [0.25, 0.3) is 0 Å². The first-order valence-corrected chi connectivity index (χ1v) is 10.5.